The maximum Gasteiger partial charge on any atom is 0.390 e. The molecule has 0 saturated carbocycles. The Kier molecular flexibility index (Phi) is 6.41. The van der Waals surface area contributed by atoms with Crippen LogP contribution in [0.1, 0.15) is 23.4 Å². The molecule has 1 aromatic heterocycles. The predicted octanol–water partition coefficient (Wildman–Crippen LogP) is 1.31. The summed E-state index contributed by atoms with van der Waals surface area (Å²) in [6.45, 7) is 1.09. The van der Waals surface area contributed by atoms with Crippen molar-refractivity contribution in [3.8, 4) is 6.07 Å². The quantitative estimate of drug-likeness (QED) is 0.795. The zero-order valence-corrected chi connectivity index (χ0v) is 12.6. The van der Waals surface area contributed by atoms with Crippen LogP contribution in [0.5, 0.6) is 0 Å². The van der Waals surface area contributed by atoms with Gasteiger partial charge < -0.3 is 14.8 Å². The predicted molar refractivity (Wildman–Crippen MR) is 73.9 cm³/mol. The van der Waals surface area contributed by atoms with Crippen molar-refractivity contribution in [3.05, 3.63) is 23.0 Å². The topological polar surface area (TPSA) is 72.4 Å². The monoisotopic (exact) mass is 319 g/mol. The molecule has 0 aliphatic heterocycles. The second kappa shape index (κ2) is 7.63. The molecule has 8 heteroatoms. The van der Waals surface area contributed by atoms with Crippen LogP contribution in [0.15, 0.2) is 6.07 Å². The SMILES string of the molecule is Cc1c(CN(CCC(F)(F)F)C[C@H](O)CO)cc(C#N)n1C. The van der Waals surface area contributed by atoms with Gasteiger partial charge in [0.15, 0.2) is 0 Å². The molecule has 124 valence electrons. The Morgan fingerprint density at radius 2 is 2.09 bits per heavy atom. The molecule has 5 nitrogen and oxygen atoms in total. The van der Waals surface area contributed by atoms with Gasteiger partial charge in [-0.25, -0.2) is 0 Å². The lowest BCUT2D eigenvalue weighted by molar-refractivity contribution is -0.139. The van der Waals surface area contributed by atoms with Gasteiger partial charge in [-0.2, -0.15) is 18.4 Å². The third-order valence-electron chi connectivity index (χ3n) is 3.54. The van der Waals surface area contributed by atoms with Gasteiger partial charge >= 0.3 is 6.18 Å². The summed E-state index contributed by atoms with van der Waals surface area (Å²) in [6.07, 6.45) is -6.39. The van der Waals surface area contributed by atoms with Gasteiger partial charge in [0.25, 0.3) is 0 Å². The van der Waals surface area contributed by atoms with Crippen LogP contribution in [-0.4, -0.2) is 51.7 Å². The van der Waals surface area contributed by atoms with Crippen molar-refractivity contribution < 1.29 is 23.4 Å². The van der Waals surface area contributed by atoms with Gasteiger partial charge in [-0.05, 0) is 18.6 Å². The molecule has 22 heavy (non-hydrogen) atoms. The standard InChI is InChI=1S/C14H20F3N3O2/c1-10-11(5-12(6-18)19(10)2)7-20(8-13(22)9-21)4-3-14(15,16)17/h5,13,21-22H,3-4,7-9H2,1-2H3/t13-/m0/s1. The van der Waals surface area contributed by atoms with Crippen LogP contribution in [0, 0.1) is 18.3 Å². The van der Waals surface area contributed by atoms with Crippen molar-refractivity contribution in [2.45, 2.75) is 32.2 Å². The molecule has 0 radical (unpaired) electrons. The average molecular weight is 319 g/mol. The largest absolute Gasteiger partial charge is 0.394 e. The maximum atomic E-state index is 12.4. The second-order valence-corrected chi connectivity index (χ2v) is 5.25. The van der Waals surface area contributed by atoms with E-state index in [9.17, 15) is 18.3 Å². The van der Waals surface area contributed by atoms with E-state index in [0.717, 1.165) is 11.3 Å². The first-order valence-electron chi connectivity index (χ1n) is 6.81. The minimum atomic E-state index is -4.29. The lowest BCUT2D eigenvalue weighted by Crippen LogP contribution is -2.36. The first kappa shape index (κ1) is 18.5. The molecule has 1 heterocycles. The first-order chi connectivity index (χ1) is 10.2. The Morgan fingerprint density at radius 1 is 1.45 bits per heavy atom. The number of aliphatic hydroxyl groups is 2. The number of hydrogen-bond acceptors (Lipinski definition) is 4. The van der Waals surface area contributed by atoms with E-state index in [0.29, 0.717) is 5.69 Å². The molecule has 0 fully saturated rings. The third-order valence-corrected chi connectivity index (χ3v) is 3.54. The molecule has 1 aromatic rings. The number of hydrogen-bond donors (Lipinski definition) is 2. The fourth-order valence-electron chi connectivity index (χ4n) is 2.15. The van der Waals surface area contributed by atoms with Gasteiger partial charge in [-0.15, -0.1) is 0 Å². The van der Waals surface area contributed by atoms with E-state index >= 15 is 0 Å². The van der Waals surface area contributed by atoms with Crippen LogP contribution < -0.4 is 0 Å². The zero-order chi connectivity index (χ0) is 16.9. The first-order valence-corrected chi connectivity index (χ1v) is 6.81. The van der Waals surface area contributed by atoms with Gasteiger partial charge in [-0.1, -0.05) is 0 Å². The van der Waals surface area contributed by atoms with Gasteiger partial charge in [0.05, 0.1) is 19.1 Å². The number of aromatic nitrogens is 1. The molecule has 0 bridgehead atoms. The van der Waals surface area contributed by atoms with Crippen molar-refractivity contribution in [1.29, 1.82) is 5.26 Å². The summed E-state index contributed by atoms with van der Waals surface area (Å²) in [4.78, 5) is 1.43. The Labute approximate surface area is 127 Å². The van der Waals surface area contributed by atoms with Crippen molar-refractivity contribution in [2.75, 3.05) is 19.7 Å². The van der Waals surface area contributed by atoms with Crippen LogP contribution >= 0.6 is 0 Å². The third kappa shape index (κ3) is 5.33. The Bertz CT molecular complexity index is 535. The number of nitriles is 1. The molecule has 0 aromatic carbocycles. The summed E-state index contributed by atoms with van der Waals surface area (Å²) in [5, 5.41) is 27.3. The molecule has 1 atom stereocenters. The molecule has 0 aliphatic carbocycles. The van der Waals surface area contributed by atoms with E-state index in [4.69, 9.17) is 10.4 Å². The van der Waals surface area contributed by atoms with Crippen molar-refractivity contribution >= 4 is 0 Å². The van der Waals surface area contributed by atoms with E-state index in [-0.39, 0.29) is 19.6 Å². The summed E-state index contributed by atoms with van der Waals surface area (Å²) in [5.74, 6) is 0. The molecule has 2 N–H and O–H groups in total. The van der Waals surface area contributed by atoms with Gasteiger partial charge in [0.2, 0.25) is 0 Å². The summed E-state index contributed by atoms with van der Waals surface area (Å²) in [5.41, 5.74) is 1.93. The molecule has 0 aliphatic rings. The van der Waals surface area contributed by atoms with Crippen LogP contribution in [0.25, 0.3) is 0 Å². The number of rotatable bonds is 7. The van der Waals surface area contributed by atoms with Gasteiger partial charge in [-0.3, -0.25) is 4.90 Å². The van der Waals surface area contributed by atoms with Gasteiger partial charge in [0, 0.05) is 32.4 Å². The van der Waals surface area contributed by atoms with Crippen LogP contribution in [0.2, 0.25) is 0 Å². The maximum absolute atomic E-state index is 12.4. The number of halogens is 3. The summed E-state index contributed by atoms with van der Waals surface area (Å²) >= 11 is 0. The van der Waals surface area contributed by atoms with Crippen molar-refractivity contribution in [1.82, 2.24) is 9.47 Å². The molecule has 1 rings (SSSR count). The normalized spacial score (nSPS) is 13.4. The molecular formula is C14H20F3N3O2. The van der Waals surface area contributed by atoms with E-state index in [2.05, 4.69) is 0 Å². The average Bonchev–Trinajstić information content (AvgIpc) is 2.71. The number of alkyl halides is 3. The van der Waals surface area contributed by atoms with Crippen LogP contribution in [0.3, 0.4) is 0 Å². The molecule has 0 spiro atoms. The molecule has 0 saturated heterocycles. The Hall–Kier alpha value is -1.56. The molecule has 0 unspecified atom stereocenters. The number of nitrogens with zero attached hydrogens (tertiary/aromatic N) is 3. The highest BCUT2D eigenvalue weighted by Crippen LogP contribution is 2.21. The fourth-order valence-corrected chi connectivity index (χ4v) is 2.15. The lowest BCUT2D eigenvalue weighted by atomic mass is 10.2. The summed E-state index contributed by atoms with van der Waals surface area (Å²) in [6, 6.07) is 3.64. The van der Waals surface area contributed by atoms with Crippen LogP contribution in [-0.2, 0) is 13.6 Å². The minimum absolute atomic E-state index is 0.0667. The smallest absolute Gasteiger partial charge is 0.390 e. The minimum Gasteiger partial charge on any atom is -0.394 e. The van der Waals surface area contributed by atoms with Crippen molar-refractivity contribution in [2.24, 2.45) is 7.05 Å². The highest BCUT2D eigenvalue weighted by molar-refractivity contribution is 5.34. The Morgan fingerprint density at radius 3 is 2.55 bits per heavy atom. The Balaban J connectivity index is 2.85. The zero-order valence-electron chi connectivity index (χ0n) is 12.6. The lowest BCUT2D eigenvalue weighted by Gasteiger charge is -2.25. The van der Waals surface area contributed by atoms with Crippen molar-refractivity contribution in [3.63, 3.8) is 0 Å². The number of aliphatic hydroxyl groups excluding tert-OH is 2. The van der Waals surface area contributed by atoms with E-state index in [1.807, 2.05) is 6.07 Å². The van der Waals surface area contributed by atoms with E-state index in [1.54, 1.807) is 24.6 Å². The van der Waals surface area contributed by atoms with Gasteiger partial charge in [0.1, 0.15) is 11.8 Å². The second-order valence-electron chi connectivity index (χ2n) is 5.25. The summed E-state index contributed by atoms with van der Waals surface area (Å²) in [7, 11) is 1.71. The molecule has 0 amide bonds. The van der Waals surface area contributed by atoms with E-state index < -0.39 is 25.3 Å². The highest BCUT2D eigenvalue weighted by atomic mass is 19.4. The van der Waals surface area contributed by atoms with E-state index in [1.165, 1.54) is 4.90 Å². The molecular weight excluding hydrogens is 299 g/mol. The fraction of sp³-hybridized carbons (Fsp3) is 0.643. The highest BCUT2D eigenvalue weighted by Gasteiger charge is 2.28. The van der Waals surface area contributed by atoms with Crippen LogP contribution in [0.4, 0.5) is 13.2 Å². The summed E-state index contributed by atoms with van der Waals surface area (Å²) < 4.78 is 38.8.